The van der Waals surface area contributed by atoms with E-state index >= 15 is 0 Å². The number of rotatable bonds is 2. The first-order valence-electron chi connectivity index (χ1n) is 5.76. The van der Waals surface area contributed by atoms with Crippen LogP contribution >= 0.6 is 0 Å². The van der Waals surface area contributed by atoms with Crippen molar-refractivity contribution in [2.24, 2.45) is 7.05 Å². The highest BCUT2D eigenvalue weighted by atomic mass is 16.3. The number of hydrogen-bond acceptors (Lipinski definition) is 3. The molecule has 0 amide bonds. The molecule has 0 aliphatic rings. The molecule has 0 spiro atoms. The van der Waals surface area contributed by atoms with Gasteiger partial charge in [-0.05, 0) is 23.8 Å². The first-order chi connectivity index (χ1) is 8.75. The number of benzene rings is 1. The summed E-state index contributed by atoms with van der Waals surface area (Å²) in [5.41, 5.74) is 2.48. The van der Waals surface area contributed by atoms with Gasteiger partial charge in [0.15, 0.2) is 0 Å². The highest BCUT2D eigenvalue weighted by molar-refractivity contribution is 5.79. The number of fused-ring (bicyclic) bond motifs is 1. The maximum atomic E-state index is 10.3. The second-order valence-corrected chi connectivity index (χ2v) is 4.24. The SMILES string of the molecule is Cn1nccc1C(O)c1ccc2cccnc2c1. The van der Waals surface area contributed by atoms with E-state index in [1.165, 1.54) is 0 Å². The third kappa shape index (κ3) is 1.76. The maximum absolute atomic E-state index is 10.3. The van der Waals surface area contributed by atoms with Gasteiger partial charge in [-0.2, -0.15) is 5.10 Å². The minimum absolute atomic E-state index is 0.677. The van der Waals surface area contributed by atoms with Crippen LogP contribution in [0.5, 0.6) is 0 Å². The lowest BCUT2D eigenvalue weighted by molar-refractivity contribution is 0.210. The van der Waals surface area contributed by atoms with E-state index in [9.17, 15) is 5.11 Å². The zero-order chi connectivity index (χ0) is 12.5. The minimum atomic E-state index is -0.677. The molecule has 0 bridgehead atoms. The van der Waals surface area contributed by atoms with E-state index in [0.717, 1.165) is 22.2 Å². The van der Waals surface area contributed by atoms with Crippen molar-refractivity contribution in [3.05, 3.63) is 60.0 Å². The Hall–Kier alpha value is -2.20. The molecule has 0 fully saturated rings. The molecule has 2 aromatic heterocycles. The van der Waals surface area contributed by atoms with Crippen LogP contribution in [0, 0.1) is 0 Å². The Balaban J connectivity index is 2.07. The lowest BCUT2D eigenvalue weighted by Gasteiger charge is -2.11. The van der Waals surface area contributed by atoms with Gasteiger partial charge < -0.3 is 5.11 Å². The van der Waals surface area contributed by atoms with E-state index in [4.69, 9.17) is 0 Å². The largest absolute Gasteiger partial charge is 0.382 e. The fraction of sp³-hybridized carbons (Fsp3) is 0.143. The van der Waals surface area contributed by atoms with Crippen molar-refractivity contribution in [1.29, 1.82) is 0 Å². The molecular formula is C14H13N3O. The zero-order valence-corrected chi connectivity index (χ0v) is 9.99. The molecule has 0 radical (unpaired) electrons. The molecule has 3 aromatic rings. The van der Waals surface area contributed by atoms with E-state index in [-0.39, 0.29) is 0 Å². The van der Waals surface area contributed by atoms with Gasteiger partial charge in [-0.25, -0.2) is 0 Å². The van der Waals surface area contributed by atoms with Gasteiger partial charge in [0, 0.05) is 24.8 Å². The number of aromatic nitrogens is 3. The highest BCUT2D eigenvalue weighted by Gasteiger charge is 2.14. The number of aryl methyl sites for hydroxylation is 1. The summed E-state index contributed by atoms with van der Waals surface area (Å²) in [4.78, 5) is 4.29. The van der Waals surface area contributed by atoms with Crippen molar-refractivity contribution in [1.82, 2.24) is 14.8 Å². The molecule has 3 rings (SSSR count). The summed E-state index contributed by atoms with van der Waals surface area (Å²) in [6, 6.07) is 11.5. The van der Waals surface area contributed by atoms with E-state index in [0.29, 0.717) is 0 Å². The Bertz CT molecular complexity index is 690. The molecule has 0 aliphatic carbocycles. The third-order valence-corrected chi connectivity index (χ3v) is 3.08. The lowest BCUT2D eigenvalue weighted by Crippen LogP contribution is -2.06. The third-order valence-electron chi connectivity index (χ3n) is 3.08. The molecule has 1 aromatic carbocycles. The van der Waals surface area contributed by atoms with Crippen molar-refractivity contribution in [3.63, 3.8) is 0 Å². The Morgan fingerprint density at radius 2 is 2.06 bits per heavy atom. The van der Waals surface area contributed by atoms with Gasteiger partial charge in [0.1, 0.15) is 6.10 Å². The molecule has 0 saturated heterocycles. The summed E-state index contributed by atoms with van der Waals surface area (Å²) in [6.07, 6.45) is 2.75. The van der Waals surface area contributed by atoms with Crippen molar-refractivity contribution in [2.75, 3.05) is 0 Å². The Morgan fingerprint density at radius 3 is 2.83 bits per heavy atom. The molecule has 4 heteroatoms. The zero-order valence-electron chi connectivity index (χ0n) is 9.99. The predicted octanol–water partition coefficient (Wildman–Crippen LogP) is 2.05. The summed E-state index contributed by atoms with van der Waals surface area (Å²) in [7, 11) is 1.82. The number of aliphatic hydroxyl groups excluding tert-OH is 1. The summed E-state index contributed by atoms with van der Waals surface area (Å²) < 4.78 is 1.67. The number of nitrogens with zero attached hydrogens (tertiary/aromatic N) is 3. The van der Waals surface area contributed by atoms with Crippen LogP contribution in [0.4, 0.5) is 0 Å². The standard InChI is InChI=1S/C14H13N3O/c1-17-13(6-8-16-17)14(18)11-5-4-10-3-2-7-15-12(10)9-11/h2-9,14,18H,1H3. The normalized spacial score (nSPS) is 12.8. The first kappa shape index (κ1) is 10.9. The van der Waals surface area contributed by atoms with Gasteiger partial charge >= 0.3 is 0 Å². The van der Waals surface area contributed by atoms with E-state index in [2.05, 4.69) is 10.1 Å². The second kappa shape index (κ2) is 4.23. The second-order valence-electron chi connectivity index (χ2n) is 4.24. The molecule has 18 heavy (non-hydrogen) atoms. The van der Waals surface area contributed by atoms with Gasteiger partial charge in [-0.15, -0.1) is 0 Å². The quantitative estimate of drug-likeness (QED) is 0.744. The fourth-order valence-electron chi connectivity index (χ4n) is 2.08. The van der Waals surface area contributed by atoms with Crippen LogP contribution in [-0.2, 0) is 7.05 Å². The van der Waals surface area contributed by atoms with E-state index in [1.807, 2.05) is 43.4 Å². The first-order valence-corrected chi connectivity index (χ1v) is 5.76. The topological polar surface area (TPSA) is 50.9 Å². The maximum Gasteiger partial charge on any atom is 0.121 e. The van der Waals surface area contributed by atoms with Crippen LogP contribution in [0.25, 0.3) is 10.9 Å². The van der Waals surface area contributed by atoms with E-state index in [1.54, 1.807) is 17.1 Å². The summed E-state index contributed by atoms with van der Waals surface area (Å²) >= 11 is 0. The molecule has 4 nitrogen and oxygen atoms in total. The summed E-state index contributed by atoms with van der Waals surface area (Å²) in [5, 5.41) is 15.5. The van der Waals surface area contributed by atoms with Crippen LogP contribution in [0.2, 0.25) is 0 Å². The molecule has 0 saturated carbocycles. The average molecular weight is 239 g/mol. The number of aliphatic hydroxyl groups is 1. The minimum Gasteiger partial charge on any atom is -0.382 e. The number of hydrogen-bond donors (Lipinski definition) is 1. The van der Waals surface area contributed by atoms with E-state index < -0.39 is 6.10 Å². The Labute approximate surface area is 105 Å². The molecule has 2 heterocycles. The molecular weight excluding hydrogens is 226 g/mol. The smallest absolute Gasteiger partial charge is 0.121 e. The number of pyridine rings is 1. The Kier molecular flexibility index (Phi) is 2.57. The van der Waals surface area contributed by atoms with Crippen molar-refractivity contribution < 1.29 is 5.11 Å². The molecule has 1 N–H and O–H groups in total. The summed E-state index contributed by atoms with van der Waals surface area (Å²) in [6.45, 7) is 0. The monoisotopic (exact) mass is 239 g/mol. The lowest BCUT2D eigenvalue weighted by atomic mass is 10.0. The van der Waals surface area contributed by atoms with Gasteiger partial charge in [0.25, 0.3) is 0 Å². The molecule has 1 unspecified atom stereocenters. The molecule has 0 aliphatic heterocycles. The highest BCUT2D eigenvalue weighted by Crippen LogP contribution is 2.23. The Morgan fingerprint density at radius 1 is 1.17 bits per heavy atom. The van der Waals surface area contributed by atoms with Gasteiger partial charge in [0.2, 0.25) is 0 Å². The van der Waals surface area contributed by atoms with Crippen LogP contribution in [0.15, 0.2) is 48.8 Å². The van der Waals surface area contributed by atoms with Gasteiger partial charge in [0.05, 0.1) is 11.2 Å². The predicted molar refractivity (Wildman–Crippen MR) is 69.0 cm³/mol. The van der Waals surface area contributed by atoms with Crippen LogP contribution in [-0.4, -0.2) is 19.9 Å². The average Bonchev–Trinajstić information content (AvgIpc) is 2.83. The van der Waals surface area contributed by atoms with Crippen LogP contribution in [0.3, 0.4) is 0 Å². The fourth-order valence-corrected chi connectivity index (χ4v) is 2.08. The van der Waals surface area contributed by atoms with Crippen molar-refractivity contribution in [2.45, 2.75) is 6.10 Å². The summed E-state index contributed by atoms with van der Waals surface area (Å²) in [5.74, 6) is 0. The van der Waals surface area contributed by atoms with Crippen LogP contribution in [0.1, 0.15) is 17.4 Å². The van der Waals surface area contributed by atoms with Gasteiger partial charge in [-0.3, -0.25) is 9.67 Å². The van der Waals surface area contributed by atoms with Crippen molar-refractivity contribution >= 4 is 10.9 Å². The molecule has 1 atom stereocenters. The van der Waals surface area contributed by atoms with Crippen LogP contribution < -0.4 is 0 Å². The molecule has 90 valence electrons. The van der Waals surface area contributed by atoms with Gasteiger partial charge in [-0.1, -0.05) is 18.2 Å². The van der Waals surface area contributed by atoms with Crippen molar-refractivity contribution in [3.8, 4) is 0 Å².